The van der Waals surface area contributed by atoms with Crippen molar-refractivity contribution in [2.24, 2.45) is 0 Å². The summed E-state index contributed by atoms with van der Waals surface area (Å²) in [4.78, 5) is 14.5. The summed E-state index contributed by atoms with van der Waals surface area (Å²) in [5, 5.41) is 8.37. The van der Waals surface area contributed by atoms with Gasteiger partial charge < -0.3 is 10.2 Å². The number of nitrogens with two attached hydrogens (primary N) is 1. The van der Waals surface area contributed by atoms with Crippen molar-refractivity contribution >= 4 is 13.2 Å². The molecule has 1 aromatic heterocycles. The van der Waals surface area contributed by atoms with E-state index in [1.807, 2.05) is 5.97 Å². The molecule has 0 bridgehead atoms. The summed E-state index contributed by atoms with van der Waals surface area (Å²) < 4.78 is 1.13. The lowest BCUT2D eigenvalue weighted by molar-refractivity contribution is 0.991. The van der Waals surface area contributed by atoms with Crippen molar-refractivity contribution in [1.29, 1.82) is 5.26 Å². The molecule has 1 rings (SSSR count). The Morgan fingerprint density at radius 3 is 3.08 bits per heavy atom. The van der Waals surface area contributed by atoms with Gasteiger partial charge in [-0.15, -0.1) is 0 Å². The van der Waals surface area contributed by atoms with Gasteiger partial charge in [-0.25, -0.2) is 15.0 Å². The van der Waals surface area contributed by atoms with E-state index in [9.17, 15) is 4.79 Å². The molecule has 0 atom stereocenters. The Bertz CT molecular complexity index is 392. The summed E-state index contributed by atoms with van der Waals surface area (Å²) in [6.45, 7) is 1.73. The molecule has 0 unspecified atom stereocenters. The molecule has 0 saturated carbocycles. The van der Waals surface area contributed by atoms with Crippen LogP contribution in [0.15, 0.2) is 11.0 Å². The maximum atomic E-state index is 11.0. The summed E-state index contributed by atoms with van der Waals surface area (Å²) in [6, 6.07) is 0. The van der Waals surface area contributed by atoms with E-state index in [0.717, 1.165) is 4.48 Å². The van der Waals surface area contributed by atoms with E-state index < -0.39 is 5.69 Å². The van der Waals surface area contributed by atoms with Crippen molar-refractivity contribution in [3.8, 4) is 5.97 Å². The molecular weight excluding hydrogens is 155 g/mol. The molecule has 0 aliphatic carbocycles. The number of hydrogen-bond acceptors (Lipinski definition) is 4. The Balaban J connectivity index is 3.35. The molecule has 2 N–H and O–H groups in total. The van der Waals surface area contributed by atoms with Gasteiger partial charge in [-0.3, -0.25) is 0 Å². The lowest BCUT2D eigenvalue weighted by Gasteiger charge is -2.04. The molecule has 0 spiro atoms. The van der Waals surface area contributed by atoms with Crippen LogP contribution in [0.1, 0.15) is 5.56 Å². The first-order chi connectivity index (χ1) is 5.66. The summed E-state index contributed by atoms with van der Waals surface area (Å²) in [7, 11) is -0.0562. The molecule has 0 radical (unpaired) electrons. The van der Waals surface area contributed by atoms with Gasteiger partial charge in [-0.2, -0.15) is 0 Å². The van der Waals surface area contributed by atoms with Gasteiger partial charge in [0.05, 0.1) is 5.82 Å². The highest BCUT2D eigenvalue weighted by molar-refractivity contribution is 6.43. The van der Waals surface area contributed by atoms with E-state index >= 15 is 0 Å². The third-order valence-corrected chi connectivity index (χ3v) is 1.52. The minimum absolute atomic E-state index is 0.0562. The first-order valence-corrected chi connectivity index (χ1v) is 3.35. The van der Waals surface area contributed by atoms with Crippen LogP contribution < -0.4 is 11.4 Å². The van der Waals surface area contributed by atoms with Gasteiger partial charge in [0.2, 0.25) is 0 Å². The van der Waals surface area contributed by atoms with Crippen molar-refractivity contribution in [1.82, 2.24) is 9.46 Å². The average Bonchev–Trinajstić information content (AvgIpc) is 2.06. The highest BCUT2D eigenvalue weighted by atomic mass is 16.1. The SMILES string of the molecule is Cc1cnc(=O)n(BC#N)c1N. The molecule has 0 amide bonds. The maximum absolute atomic E-state index is 11.0. The molecule has 0 saturated heterocycles. The summed E-state index contributed by atoms with van der Waals surface area (Å²) >= 11 is 0. The van der Waals surface area contributed by atoms with Crippen LogP contribution in [0.4, 0.5) is 5.82 Å². The second kappa shape index (κ2) is 3.09. The second-order valence-electron chi connectivity index (χ2n) is 2.35. The number of rotatable bonds is 1. The summed E-state index contributed by atoms with van der Waals surface area (Å²) in [5.41, 5.74) is 5.75. The Morgan fingerprint density at radius 1 is 1.83 bits per heavy atom. The fourth-order valence-electron chi connectivity index (χ4n) is 0.827. The van der Waals surface area contributed by atoms with Crippen LogP contribution in [-0.2, 0) is 0 Å². The molecule has 0 aliphatic heterocycles. The van der Waals surface area contributed by atoms with Crippen LogP contribution in [0, 0.1) is 18.2 Å². The van der Waals surface area contributed by atoms with E-state index in [2.05, 4.69) is 4.98 Å². The van der Waals surface area contributed by atoms with Crippen LogP contribution in [0.2, 0.25) is 0 Å². The molecule has 60 valence electrons. The van der Waals surface area contributed by atoms with Crippen LogP contribution in [-0.4, -0.2) is 16.9 Å². The number of aromatic nitrogens is 2. The van der Waals surface area contributed by atoms with E-state index in [-0.39, 0.29) is 7.41 Å². The largest absolute Gasteiger partial charge is 0.386 e. The monoisotopic (exact) mass is 162 g/mol. The highest BCUT2D eigenvalue weighted by Gasteiger charge is 2.04. The summed E-state index contributed by atoms with van der Waals surface area (Å²) in [6.07, 6.45) is 1.39. The number of nitriles is 1. The molecule has 12 heavy (non-hydrogen) atoms. The zero-order valence-corrected chi connectivity index (χ0v) is 6.61. The lowest BCUT2D eigenvalue weighted by Crippen LogP contribution is -2.29. The van der Waals surface area contributed by atoms with Crippen molar-refractivity contribution in [3.63, 3.8) is 0 Å². The molecule has 0 aliphatic rings. The number of nitrogen functional groups attached to an aromatic ring is 1. The zero-order valence-electron chi connectivity index (χ0n) is 6.61. The first-order valence-electron chi connectivity index (χ1n) is 3.35. The molecular formula is C6H7BN4O. The van der Waals surface area contributed by atoms with Crippen molar-refractivity contribution in [2.75, 3.05) is 5.73 Å². The van der Waals surface area contributed by atoms with Crippen LogP contribution in [0.3, 0.4) is 0 Å². The minimum atomic E-state index is -0.486. The predicted molar refractivity (Wildman–Crippen MR) is 45.8 cm³/mol. The fourth-order valence-corrected chi connectivity index (χ4v) is 0.827. The minimum Gasteiger partial charge on any atom is -0.386 e. The quantitative estimate of drug-likeness (QED) is 0.526. The number of nitrogens with zero attached hydrogens (tertiary/aromatic N) is 3. The normalized spacial score (nSPS) is 9.00. The Morgan fingerprint density at radius 2 is 2.50 bits per heavy atom. The van der Waals surface area contributed by atoms with E-state index in [4.69, 9.17) is 11.0 Å². The molecule has 0 aromatic carbocycles. The van der Waals surface area contributed by atoms with Crippen molar-refractivity contribution in [3.05, 3.63) is 22.2 Å². The molecule has 0 fully saturated rings. The van der Waals surface area contributed by atoms with Gasteiger partial charge in [-0.05, 0) is 6.92 Å². The van der Waals surface area contributed by atoms with Gasteiger partial charge in [0, 0.05) is 17.7 Å². The standard InChI is InChI=1S/C6H7BN4O/c1-4-2-10-6(12)11(5(4)9)7-3-8/h2,7H,9H2,1H3. The van der Waals surface area contributed by atoms with Crippen molar-refractivity contribution < 1.29 is 0 Å². The molecule has 6 heteroatoms. The Labute approximate surface area is 69.7 Å². The maximum Gasteiger partial charge on any atom is 0.371 e. The molecule has 1 aromatic rings. The third kappa shape index (κ3) is 1.30. The number of hydrogen-bond donors (Lipinski definition) is 1. The fraction of sp³-hybridized carbons (Fsp3) is 0.167. The van der Waals surface area contributed by atoms with E-state index in [1.54, 1.807) is 6.92 Å². The number of anilines is 1. The Hall–Kier alpha value is -1.77. The zero-order chi connectivity index (χ0) is 9.14. The van der Waals surface area contributed by atoms with Crippen LogP contribution in [0.25, 0.3) is 0 Å². The van der Waals surface area contributed by atoms with Crippen LogP contribution >= 0.6 is 0 Å². The van der Waals surface area contributed by atoms with Crippen LogP contribution in [0.5, 0.6) is 0 Å². The second-order valence-corrected chi connectivity index (χ2v) is 2.35. The third-order valence-electron chi connectivity index (χ3n) is 1.52. The van der Waals surface area contributed by atoms with Gasteiger partial charge in [-0.1, -0.05) is 0 Å². The van der Waals surface area contributed by atoms with Gasteiger partial charge >= 0.3 is 13.1 Å². The van der Waals surface area contributed by atoms with Gasteiger partial charge in [0.15, 0.2) is 0 Å². The van der Waals surface area contributed by atoms with Gasteiger partial charge in [0.25, 0.3) is 0 Å². The first kappa shape index (κ1) is 8.33. The molecule has 1 heterocycles. The topological polar surface area (TPSA) is 84.7 Å². The average molecular weight is 162 g/mol. The Kier molecular flexibility index (Phi) is 2.15. The molecule has 5 nitrogen and oxygen atoms in total. The summed E-state index contributed by atoms with van der Waals surface area (Å²) in [5.74, 6) is 2.14. The highest BCUT2D eigenvalue weighted by Crippen LogP contribution is 2.02. The van der Waals surface area contributed by atoms with Crippen molar-refractivity contribution in [2.45, 2.75) is 6.92 Å². The lowest BCUT2D eigenvalue weighted by atomic mass is 9.98. The van der Waals surface area contributed by atoms with Gasteiger partial charge in [0.1, 0.15) is 0 Å². The van der Waals surface area contributed by atoms with E-state index in [1.165, 1.54) is 6.20 Å². The number of aryl methyl sites for hydroxylation is 1. The smallest absolute Gasteiger partial charge is 0.371 e. The van der Waals surface area contributed by atoms with E-state index in [0.29, 0.717) is 11.4 Å². The predicted octanol–water partition coefficient (Wildman–Crippen LogP) is -1.19.